The Morgan fingerprint density at radius 2 is 2.30 bits per heavy atom. The summed E-state index contributed by atoms with van der Waals surface area (Å²) in [6.45, 7) is 0. The molecule has 2 heterocycles. The summed E-state index contributed by atoms with van der Waals surface area (Å²) in [6, 6.07) is 0. The topological polar surface area (TPSA) is 65.9 Å². The Balaban J connectivity index is 2.59. The normalized spacial score (nSPS) is 12.8. The van der Waals surface area contributed by atoms with Crippen LogP contribution < -0.4 is 11.1 Å². The quantitative estimate of drug-likeness (QED) is 0.552. The van der Waals surface area contributed by atoms with E-state index in [1.807, 2.05) is 6.08 Å². The van der Waals surface area contributed by atoms with Gasteiger partial charge in [-0.25, -0.2) is 10.3 Å². The molecule has 1 aromatic heterocycles. The van der Waals surface area contributed by atoms with Crippen LogP contribution in [0.4, 0.5) is 11.8 Å². The van der Waals surface area contributed by atoms with Crippen LogP contribution in [-0.4, -0.2) is 9.97 Å². The van der Waals surface area contributed by atoms with Crippen LogP contribution in [0.15, 0.2) is 12.4 Å². The van der Waals surface area contributed by atoms with Crippen molar-refractivity contribution in [2.75, 3.05) is 5.73 Å². The van der Waals surface area contributed by atoms with Crippen molar-refractivity contribution in [1.82, 2.24) is 15.3 Å². The predicted molar refractivity (Wildman–Crippen MR) is 37.3 cm³/mol. The summed E-state index contributed by atoms with van der Waals surface area (Å²) >= 11 is 0. The molecule has 1 aliphatic heterocycles. The first kappa shape index (κ1) is 5.22. The fourth-order valence-electron chi connectivity index (χ4n) is 0.804. The Kier molecular flexibility index (Phi) is 0.887. The van der Waals surface area contributed by atoms with Gasteiger partial charge in [0.1, 0.15) is 0 Å². The van der Waals surface area contributed by atoms with Crippen molar-refractivity contribution in [2.24, 2.45) is 0 Å². The van der Waals surface area contributed by atoms with E-state index in [1.165, 1.54) is 0 Å². The fourth-order valence-corrected chi connectivity index (χ4v) is 0.804. The first-order valence-corrected chi connectivity index (χ1v) is 2.86. The SMILES string of the molecule is Nc1ncc2c(n1)[N]C=C2. The Bertz CT molecular complexity index is 292. The van der Waals surface area contributed by atoms with E-state index in [2.05, 4.69) is 15.3 Å². The van der Waals surface area contributed by atoms with Crippen molar-refractivity contribution in [3.8, 4) is 0 Å². The largest absolute Gasteiger partial charge is 0.368 e. The van der Waals surface area contributed by atoms with E-state index >= 15 is 0 Å². The van der Waals surface area contributed by atoms with Gasteiger partial charge < -0.3 is 5.73 Å². The van der Waals surface area contributed by atoms with E-state index in [-0.39, 0.29) is 5.95 Å². The van der Waals surface area contributed by atoms with Crippen molar-refractivity contribution in [3.05, 3.63) is 18.0 Å². The van der Waals surface area contributed by atoms with Gasteiger partial charge in [0.05, 0.1) is 0 Å². The average molecular weight is 133 g/mol. The van der Waals surface area contributed by atoms with Gasteiger partial charge in [-0.3, -0.25) is 0 Å². The van der Waals surface area contributed by atoms with Gasteiger partial charge in [0.2, 0.25) is 5.95 Å². The molecule has 4 heteroatoms. The molecule has 49 valence electrons. The lowest BCUT2D eigenvalue weighted by atomic mass is 10.3. The molecule has 1 radical (unpaired) electrons. The van der Waals surface area contributed by atoms with E-state index in [1.54, 1.807) is 12.4 Å². The molecule has 0 bridgehead atoms. The minimum Gasteiger partial charge on any atom is -0.368 e. The fraction of sp³-hybridized carbons (Fsp3) is 0. The number of nitrogen functional groups attached to an aromatic ring is 1. The van der Waals surface area contributed by atoms with Crippen LogP contribution in [0.1, 0.15) is 5.56 Å². The number of rotatable bonds is 0. The third-order valence-corrected chi connectivity index (χ3v) is 1.27. The van der Waals surface area contributed by atoms with Crippen molar-refractivity contribution in [3.63, 3.8) is 0 Å². The van der Waals surface area contributed by atoms with Gasteiger partial charge in [0, 0.05) is 18.0 Å². The summed E-state index contributed by atoms with van der Waals surface area (Å²) in [6.07, 6.45) is 5.18. The van der Waals surface area contributed by atoms with Gasteiger partial charge in [-0.1, -0.05) is 0 Å². The smallest absolute Gasteiger partial charge is 0.222 e. The van der Waals surface area contributed by atoms with Crippen LogP contribution in [0.3, 0.4) is 0 Å². The maximum absolute atomic E-state index is 5.32. The molecule has 0 amide bonds. The molecule has 0 saturated carbocycles. The second-order valence-corrected chi connectivity index (χ2v) is 1.95. The minimum atomic E-state index is 0.270. The molecule has 10 heavy (non-hydrogen) atoms. The lowest BCUT2D eigenvalue weighted by molar-refractivity contribution is 1.08. The molecule has 2 rings (SSSR count). The monoisotopic (exact) mass is 133 g/mol. The van der Waals surface area contributed by atoms with Gasteiger partial charge in [0.15, 0.2) is 5.82 Å². The highest BCUT2D eigenvalue weighted by atomic mass is 15.1. The van der Waals surface area contributed by atoms with Gasteiger partial charge in [-0.15, -0.1) is 0 Å². The summed E-state index contributed by atoms with van der Waals surface area (Å²) in [4.78, 5) is 7.70. The second kappa shape index (κ2) is 1.70. The van der Waals surface area contributed by atoms with E-state index < -0.39 is 0 Å². The molecular formula is C6H5N4. The van der Waals surface area contributed by atoms with Crippen molar-refractivity contribution in [1.29, 1.82) is 0 Å². The molecule has 4 nitrogen and oxygen atoms in total. The van der Waals surface area contributed by atoms with Gasteiger partial charge in [0.25, 0.3) is 0 Å². The number of nitrogens with zero attached hydrogens (tertiary/aromatic N) is 3. The number of hydrogen-bond donors (Lipinski definition) is 1. The van der Waals surface area contributed by atoms with Gasteiger partial charge in [-0.05, 0) is 6.08 Å². The molecule has 1 aliphatic rings. The maximum Gasteiger partial charge on any atom is 0.222 e. The standard InChI is InChI=1S/C6H5N4/c7-6-9-3-4-1-2-8-5(4)10-6/h1-3H,(H2,7,9,10). The first-order valence-electron chi connectivity index (χ1n) is 2.86. The molecule has 0 saturated heterocycles. The second-order valence-electron chi connectivity index (χ2n) is 1.95. The zero-order valence-corrected chi connectivity index (χ0v) is 5.15. The Morgan fingerprint density at radius 1 is 1.40 bits per heavy atom. The Labute approximate surface area is 57.8 Å². The molecule has 0 atom stereocenters. The lowest BCUT2D eigenvalue weighted by Crippen LogP contribution is -1.96. The highest BCUT2D eigenvalue weighted by Gasteiger charge is 2.06. The van der Waals surface area contributed by atoms with Gasteiger partial charge >= 0.3 is 0 Å². The number of anilines is 1. The molecule has 0 spiro atoms. The van der Waals surface area contributed by atoms with Crippen LogP contribution in [0.2, 0.25) is 0 Å². The summed E-state index contributed by atoms with van der Waals surface area (Å²) in [5, 5.41) is 3.95. The number of aromatic nitrogens is 2. The van der Waals surface area contributed by atoms with Crippen LogP contribution in [0, 0.1) is 0 Å². The first-order chi connectivity index (χ1) is 4.86. The summed E-state index contributed by atoms with van der Waals surface area (Å²) < 4.78 is 0. The highest BCUT2D eigenvalue weighted by Crippen LogP contribution is 2.19. The third kappa shape index (κ3) is 0.621. The average Bonchev–Trinajstić information content (AvgIpc) is 2.33. The maximum atomic E-state index is 5.32. The molecular weight excluding hydrogens is 128 g/mol. The van der Waals surface area contributed by atoms with E-state index in [0.717, 1.165) is 5.56 Å². The van der Waals surface area contributed by atoms with E-state index in [9.17, 15) is 0 Å². The van der Waals surface area contributed by atoms with Crippen LogP contribution in [0.25, 0.3) is 6.08 Å². The highest BCUT2D eigenvalue weighted by molar-refractivity contribution is 5.65. The zero-order valence-electron chi connectivity index (χ0n) is 5.15. The van der Waals surface area contributed by atoms with Crippen molar-refractivity contribution in [2.45, 2.75) is 0 Å². The summed E-state index contributed by atoms with van der Waals surface area (Å²) in [5.41, 5.74) is 6.25. The number of hydrogen-bond acceptors (Lipinski definition) is 3. The Morgan fingerprint density at radius 3 is 3.20 bits per heavy atom. The van der Waals surface area contributed by atoms with Crippen molar-refractivity contribution < 1.29 is 0 Å². The van der Waals surface area contributed by atoms with Gasteiger partial charge in [-0.2, -0.15) is 4.98 Å². The zero-order chi connectivity index (χ0) is 6.97. The van der Waals surface area contributed by atoms with E-state index in [4.69, 9.17) is 5.73 Å². The summed E-state index contributed by atoms with van der Waals surface area (Å²) in [5.74, 6) is 0.929. The molecule has 0 aliphatic carbocycles. The Hall–Kier alpha value is -1.58. The predicted octanol–water partition coefficient (Wildman–Crippen LogP) is 0.279. The molecule has 0 unspecified atom stereocenters. The lowest BCUT2D eigenvalue weighted by Gasteiger charge is -1.94. The molecule has 1 aromatic rings. The molecule has 0 aromatic carbocycles. The molecule has 2 N–H and O–H groups in total. The number of fused-ring (bicyclic) bond motifs is 1. The minimum absolute atomic E-state index is 0.270. The van der Waals surface area contributed by atoms with Crippen LogP contribution >= 0.6 is 0 Å². The molecule has 0 fully saturated rings. The van der Waals surface area contributed by atoms with Crippen molar-refractivity contribution >= 4 is 17.8 Å². The van der Waals surface area contributed by atoms with Crippen LogP contribution in [-0.2, 0) is 0 Å². The van der Waals surface area contributed by atoms with Crippen LogP contribution in [0.5, 0.6) is 0 Å². The third-order valence-electron chi connectivity index (χ3n) is 1.27. The van der Waals surface area contributed by atoms with E-state index in [0.29, 0.717) is 5.82 Å². The number of nitrogens with two attached hydrogens (primary N) is 1. The summed E-state index contributed by atoms with van der Waals surface area (Å²) in [7, 11) is 0.